The maximum Gasteiger partial charge on any atom is 0.416 e. The van der Waals surface area contributed by atoms with Gasteiger partial charge in [-0.1, -0.05) is 6.07 Å². The van der Waals surface area contributed by atoms with E-state index in [9.17, 15) is 13.2 Å². The Kier molecular flexibility index (Phi) is 5.12. The molecule has 2 aromatic heterocycles. The van der Waals surface area contributed by atoms with Crippen LogP contribution in [0.3, 0.4) is 0 Å². The van der Waals surface area contributed by atoms with E-state index in [-0.39, 0.29) is 5.92 Å². The molecular weight excluding hydrogens is 405 g/mol. The average Bonchev–Trinajstić information content (AvgIpc) is 3.12. The van der Waals surface area contributed by atoms with Gasteiger partial charge in [-0.3, -0.25) is 4.90 Å². The molecule has 5 rings (SSSR count). The van der Waals surface area contributed by atoms with Crippen molar-refractivity contribution >= 4 is 11.2 Å². The van der Waals surface area contributed by atoms with E-state index >= 15 is 0 Å². The molecule has 4 heterocycles. The van der Waals surface area contributed by atoms with Crippen LogP contribution < -0.4 is 4.74 Å². The van der Waals surface area contributed by atoms with Gasteiger partial charge in [-0.2, -0.15) is 13.2 Å². The third-order valence-corrected chi connectivity index (χ3v) is 6.59. The molecule has 8 heteroatoms. The van der Waals surface area contributed by atoms with Crippen molar-refractivity contribution in [2.45, 2.75) is 50.9 Å². The number of aryl methyl sites for hydroxylation is 2. The maximum atomic E-state index is 13.0. The SMILES string of the molecule is COc1cc(C(F)(F)F)ccc1C1CCN(Cc2nc3nccc4c3n2CCC4)CC1. The summed E-state index contributed by atoms with van der Waals surface area (Å²) >= 11 is 0. The highest BCUT2D eigenvalue weighted by atomic mass is 19.4. The average molecular weight is 430 g/mol. The maximum absolute atomic E-state index is 13.0. The van der Waals surface area contributed by atoms with Gasteiger partial charge >= 0.3 is 6.18 Å². The van der Waals surface area contributed by atoms with Gasteiger partial charge in [-0.25, -0.2) is 9.97 Å². The lowest BCUT2D eigenvalue weighted by Crippen LogP contribution is -2.33. The largest absolute Gasteiger partial charge is 0.496 e. The number of benzene rings is 1. The molecule has 0 spiro atoms. The van der Waals surface area contributed by atoms with Gasteiger partial charge in [0.25, 0.3) is 0 Å². The predicted molar refractivity (Wildman–Crippen MR) is 111 cm³/mol. The van der Waals surface area contributed by atoms with Crippen LogP contribution in [-0.2, 0) is 25.7 Å². The van der Waals surface area contributed by atoms with Crippen molar-refractivity contribution < 1.29 is 17.9 Å². The first-order valence-electron chi connectivity index (χ1n) is 10.7. The first-order chi connectivity index (χ1) is 14.9. The van der Waals surface area contributed by atoms with Gasteiger partial charge in [0.1, 0.15) is 11.6 Å². The Hall–Kier alpha value is -2.61. The monoisotopic (exact) mass is 430 g/mol. The third kappa shape index (κ3) is 3.78. The molecule has 0 unspecified atom stereocenters. The summed E-state index contributed by atoms with van der Waals surface area (Å²) in [6.45, 7) is 3.49. The molecule has 0 bridgehead atoms. The molecule has 0 saturated carbocycles. The molecule has 31 heavy (non-hydrogen) atoms. The van der Waals surface area contributed by atoms with Crippen LogP contribution in [0.25, 0.3) is 11.2 Å². The Morgan fingerprint density at radius 1 is 1.13 bits per heavy atom. The molecule has 0 atom stereocenters. The van der Waals surface area contributed by atoms with Crippen molar-refractivity contribution in [3.05, 3.63) is 53.0 Å². The summed E-state index contributed by atoms with van der Waals surface area (Å²) in [4.78, 5) is 11.6. The topological polar surface area (TPSA) is 43.2 Å². The number of alkyl halides is 3. The first-order valence-corrected chi connectivity index (χ1v) is 10.7. The highest BCUT2D eigenvalue weighted by Gasteiger charge is 2.32. The number of ether oxygens (including phenoxy) is 1. The molecule has 164 valence electrons. The highest BCUT2D eigenvalue weighted by Crippen LogP contribution is 2.39. The quantitative estimate of drug-likeness (QED) is 0.597. The highest BCUT2D eigenvalue weighted by molar-refractivity contribution is 5.76. The van der Waals surface area contributed by atoms with Gasteiger partial charge < -0.3 is 9.30 Å². The molecule has 2 aliphatic rings. The van der Waals surface area contributed by atoms with E-state index in [0.29, 0.717) is 5.75 Å². The summed E-state index contributed by atoms with van der Waals surface area (Å²) in [6, 6.07) is 5.95. The van der Waals surface area contributed by atoms with E-state index in [1.54, 1.807) is 6.07 Å². The smallest absolute Gasteiger partial charge is 0.416 e. The second-order valence-corrected chi connectivity index (χ2v) is 8.43. The number of halogens is 3. The number of piperidine rings is 1. The summed E-state index contributed by atoms with van der Waals surface area (Å²) < 4.78 is 46.7. The standard InChI is InChI=1S/C23H25F3N4O/c1-31-19-13-17(23(24,25)26)4-5-18(19)15-7-11-29(12-8-15)14-20-28-22-21-16(6-9-27-22)3-2-10-30(20)21/h4-6,9,13,15H,2-3,7-8,10-12,14H2,1H3. The Labute approximate surface area is 178 Å². The number of hydrogen-bond donors (Lipinski definition) is 0. The minimum absolute atomic E-state index is 0.194. The number of nitrogens with zero attached hydrogens (tertiary/aromatic N) is 4. The number of hydrogen-bond acceptors (Lipinski definition) is 4. The third-order valence-electron chi connectivity index (χ3n) is 6.59. The van der Waals surface area contributed by atoms with Crippen molar-refractivity contribution in [1.29, 1.82) is 0 Å². The zero-order valence-corrected chi connectivity index (χ0v) is 17.5. The van der Waals surface area contributed by atoms with Crippen LogP contribution in [0.15, 0.2) is 30.5 Å². The molecular formula is C23H25F3N4O. The number of aromatic nitrogens is 3. The lowest BCUT2D eigenvalue weighted by Gasteiger charge is -2.32. The zero-order chi connectivity index (χ0) is 21.6. The minimum Gasteiger partial charge on any atom is -0.496 e. The van der Waals surface area contributed by atoms with Crippen LogP contribution in [0, 0.1) is 0 Å². The van der Waals surface area contributed by atoms with E-state index < -0.39 is 11.7 Å². The fourth-order valence-corrected chi connectivity index (χ4v) is 4.99. The number of imidazole rings is 1. The Bertz CT molecular complexity index is 1100. The molecule has 5 nitrogen and oxygen atoms in total. The summed E-state index contributed by atoms with van der Waals surface area (Å²) in [5.74, 6) is 1.58. The van der Waals surface area contributed by atoms with E-state index in [4.69, 9.17) is 9.72 Å². The molecule has 0 amide bonds. The van der Waals surface area contributed by atoms with E-state index in [0.717, 1.165) is 81.0 Å². The molecule has 3 aromatic rings. The van der Waals surface area contributed by atoms with Crippen molar-refractivity contribution in [3.63, 3.8) is 0 Å². The van der Waals surface area contributed by atoms with Crippen molar-refractivity contribution in [2.24, 2.45) is 0 Å². The molecule has 0 aliphatic carbocycles. The second kappa shape index (κ2) is 7.82. The van der Waals surface area contributed by atoms with E-state index in [1.807, 2.05) is 6.20 Å². The summed E-state index contributed by atoms with van der Waals surface area (Å²) in [6.07, 6.45) is 1.43. The van der Waals surface area contributed by atoms with Crippen LogP contribution in [0.1, 0.15) is 47.7 Å². The van der Waals surface area contributed by atoms with Gasteiger partial charge in [-0.15, -0.1) is 0 Å². The van der Waals surface area contributed by atoms with Gasteiger partial charge in [-0.05, 0) is 74.0 Å². The van der Waals surface area contributed by atoms with Gasteiger partial charge in [0.15, 0.2) is 5.65 Å². The summed E-state index contributed by atoms with van der Waals surface area (Å²) in [5.41, 5.74) is 3.53. The molecule has 2 aliphatic heterocycles. The van der Waals surface area contributed by atoms with Gasteiger partial charge in [0.05, 0.1) is 24.7 Å². The fraction of sp³-hybridized carbons (Fsp3) is 0.478. The molecule has 0 N–H and O–H groups in total. The summed E-state index contributed by atoms with van der Waals surface area (Å²) in [5, 5.41) is 0. The van der Waals surface area contributed by atoms with Crippen LogP contribution in [0.4, 0.5) is 13.2 Å². The van der Waals surface area contributed by atoms with Crippen LogP contribution >= 0.6 is 0 Å². The van der Waals surface area contributed by atoms with E-state index in [2.05, 4.69) is 20.5 Å². The predicted octanol–water partition coefficient (Wildman–Crippen LogP) is 4.78. The summed E-state index contributed by atoms with van der Waals surface area (Å²) in [7, 11) is 1.44. The van der Waals surface area contributed by atoms with E-state index in [1.165, 1.54) is 18.2 Å². The minimum atomic E-state index is -4.36. The molecule has 0 radical (unpaired) electrons. The number of rotatable bonds is 4. The van der Waals surface area contributed by atoms with Crippen LogP contribution in [-0.4, -0.2) is 39.6 Å². The van der Waals surface area contributed by atoms with Crippen molar-refractivity contribution in [3.8, 4) is 5.75 Å². The molecule has 1 saturated heterocycles. The number of pyridine rings is 1. The Balaban J connectivity index is 1.30. The molecule has 1 fully saturated rings. The zero-order valence-electron chi connectivity index (χ0n) is 17.5. The van der Waals surface area contributed by atoms with Gasteiger partial charge in [0, 0.05) is 12.7 Å². The van der Waals surface area contributed by atoms with Crippen molar-refractivity contribution in [2.75, 3.05) is 20.2 Å². The Morgan fingerprint density at radius 3 is 2.68 bits per heavy atom. The normalized spacial score (nSPS) is 17.9. The molecule has 1 aromatic carbocycles. The van der Waals surface area contributed by atoms with Crippen LogP contribution in [0.2, 0.25) is 0 Å². The lowest BCUT2D eigenvalue weighted by atomic mass is 9.88. The van der Waals surface area contributed by atoms with Crippen LogP contribution in [0.5, 0.6) is 5.75 Å². The number of likely N-dealkylation sites (tertiary alicyclic amines) is 1. The fourth-order valence-electron chi connectivity index (χ4n) is 4.99. The number of methoxy groups -OCH3 is 1. The first kappa shape index (κ1) is 20.3. The Morgan fingerprint density at radius 2 is 1.94 bits per heavy atom. The lowest BCUT2D eigenvalue weighted by molar-refractivity contribution is -0.137. The van der Waals surface area contributed by atoms with Crippen molar-refractivity contribution in [1.82, 2.24) is 19.4 Å². The van der Waals surface area contributed by atoms with Gasteiger partial charge in [0.2, 0.25) is 0 Å². The second-order valence-electron chi connectivity index (χ2n) is 8.43.